The molecule has 1 aliphatic rings. The van der Waals surface area contributed by atoms with Crippen molar-refractivity contribution in [2.24, 2.45) is 5.92 Å². The largest absolute Gasteiger partial charge is 0.453 e. The van der Waals surface area contributed by atoms with E-state index in [4.69, 9.17) is 11.6 Å². The summed E-state index contributed by atoms with van der Waals surface area (Å²) in [7, 11) is 2.42. The van der Waals surface area contributed by atoms with Gasteiger partial charge in [-0.2, -0.15) is 0 Å². The number of likely N-dealkylation sites (N-methyl/N-ethyl adjacent to an activating group) is 1. The number of Topliss-reactive ketones (excluding diaryl/α,β-unsaturated/α-hetero) is 1. The van der Waals surface area contributed by atoms with Crippen LogP contribution in [0.25, 0.3) is 0 Å². The van der Waals surface area contributed by atoms with Gasteiger partial charge in [0.25, 0.3) is 11.8 Å². The smallest absolute Gasteiger partial charge is 0.411 e. The Morgan fingerprint density at radius 2 is 2.03 bits per heavy atom. The van der Waals surface area contributed by atoms with E-state index >= 15 is 0 Å². The van der Waals surface area contributed by atoms with Crippen LogP contribution in [0.2, 0.25) is 5.15 Å². The van der Waals surface area contributed by atoms with Gasteiger partial charge in [0.05, 0.1) is 18.8 Å². The number of amides is 4. The van der Waals surface area contributed by atoms with Crippen LogP contribution >= 0.6 is 11.6 Å². The van der Waals surface area contributed by atoms with Crippen LogP contribution in [0, 0.1) is 5.92 Å². The molecule has 12 heteroatoms. The predicted molar refractivity (Wildman–Crippen MR) is 106 cm³/mol. The van der Waals surface area contributed by atoms with Crippen molar-refractivity contribution in [2.45, 2.75) is 31.8 Å². The normalized spacial score (nSPS) is 18.7. The molecule has 162 valence electrons. The molecule has 1 saturated heterocycles. The van der Waals surface area contributed by atoms with Gasteiger partial charge in [-0.05, 0) is 31.9 Å². The monoisotopic (exact) mass is 439 g/mol. The number of halogens is 1. The maximum absolute atomic E-state index is 12.8. The summed E-state index contributed by atoms with van der Waals surface area (Å²) in [5, 5.41) is 9.65. The Kier molecular flexibility index (Phi) is 7.70. The molecule has 2 rings (SSSR count). The highest BCUT2D eigenvalue weighted by Gasteiger charge is 2.36. The number of aromatic nitrogens is 1. The maximum Gasteiger partial charge on any atom is 0.411 e. The van der Waals surface area contributed by atoms with Crippen molar-refractivity contribution >= 4 is 46.9 Å². The first kappa shape index (κ1) is 23.1. The minimum atomic E-state index is -1.29. The molecule has 0 radical (unpaired) electrons. The Hall–Kier alpha value is -3.21. The lowest BCUT2D eigenvalue weighted by molar-refractivity contribution is -0.139. The molecule has 30 heavy (non-hydrogen) atoms. The average molecular weight is 440 g/mol. The number of pyridine rings is 1. The van der Waals surface area contributed by atoms with Crippen LogP contribution in [0.5, 0.6) is 0 Å². The van der Waals surface area contributed by atoms with Crippen molar-refractivity contribution in [2.75, 3.05) is 19.5 Å². The molecule has 11 nitrogen and oxygen atoms in total. The third-order valence-electron chi connectivity index (χ3n) is 4.49. The van der Waals surface area contributed by atoms with E-state index in [9.17, 15) is 24.0 Å². The number of hydrogen-bond acceptors (Lipinski definition) is 7. The Morgan fingerprint density at radius 1 is 1.33 bits per heavy atom. The van der Waals surface area contributed by atoms with Gasteiger partial charge >= 0.3 is 6.09 Å². The van der Waals surface area contributed by atoms with Crippen LogP contribution in [0.1, 0.15) is 30.3 Å². The van der Waals surface area contributed by atoms with Gasteiger partial charge in [-0.25, -0.2) is 9.78 Å². The van der Waals surface area contributed by atoms with Crippen LogP contribution in [0.15, 0.2) is 12.1 Å². The summed E-state index contributed by atoms with van der Waals surface area (Å²) in [6.45, 7) is 1.81. The van der Waals surface area contributed by atoms with E-state index in [-0.39, 0.29) is 34.9 Å². The fourth-order valence-corrected chi connectivity index (χ4v) is 3.20. The quantitative estimate of drug-likeness (QED) is 0.350. The molecule has 0 saturated carbocycles. The van der Waals surface area contributed by atoms with Crippen LogP contribution in [0.4, 0.5) is 10.5 Å². The third kappa shape index (κ3) is 5.66. The van der Waals surface area contributed by atoms with E-state index < -0.39 is 35.7 Å². The molecule has 4 amide bonds. The number of carbonyl (C=O) groups excluding carboxylic acids is 5. The van der Waals surface area contributed by atoms with Crippen molar-refractivity contribution in [3.63, 3.8) is 0 Å². The van der Waals surface area contributed by atoms with Crippen LogP contribution < -0.4 is 21.3 Å². The number of hydrogen-bond donors (Lipinski definition) is 4. The lowest BCUT2D eigenvalue weighted by atomic mass is 9.94. The third-order valence-corrected chi connectivity index (χ3v) is 4.70. The zero-order valence-electron chi connectivity index (χ0n) is 16.6. The standard InChI is InChI=1S/C18H22ClN5O6/c1-8-6-9(15(26)21-8)7-11(14(25)17(28)20-2)22-16(27)13-10(23-18(29)30-3)4-5-12(19)24-13/h4-5,8-9,11H,6-7H2,1-3H3,(H,20,28)(H,21,26)(H,22,27)(H,23,29)/t8-,9+,11?/m1/s1. The molecular formula is C18H22ClN5O6. The Labute approximate surface area is 177 Å². The predicted octanol–water partition coefficient (Wildman–Crippen LogP) is 0.241. The number of ketones is 1. The second kappa shape index (κ2) is 10.0. The van der Waals surface area contributed by atoms with Crippen molar-refractivity contribution in [1.29, 1.82) is 0 Å². The first-order chi connectivity index (χ1) is 14.2. The summed E-state index contributed by atoms with van der Waals surface area (Å²) in [5.74, 6) is -3.52. The minimum Gasteiger partial charge on any atom is -0.453 e. The molecule has 0 bridgehead atoms. The van der Waals surface area contributed by atoms with Gasteiger partial charge in [0.15, 0.2) is 5.69 Å². The lowest BCUT2D eigenvalue weighted by Crippen LogP contribution is -2.48. The van der Waals surface area contributed by atoms with Crippen molar-refractivity contribution in [1.82, 2.24) is 20.9 Å². The molecule has 1 fully saturated rings. The number of methoxy groups -OCH3 is 1. The zero-order valence-corrected chi connectivity index (χ0v) is 17.3. The number of ether oxygens (including phenoxy) is 1. The van der Waals surface area contributed by atoms with Crippen LogP contribution in [-0.4, -0.2) is 60.8 Å². The summed E-state index contributed by atoms with van der Waals surface area (Å²) in [4.78, 5) is 64.7. The molecule has 1 aliphatic heterocycles. The van der Waals surface area contributed by atoms with Gasteiger partial charge < -0.3 is 20.7 Å². The van der Waals surface area contributed by atoms with Crippen molar-refractivity contribution in [3.8, 4) is 0 Å². The van der Waals surface area contributed by atoms with Gasteiger partial charge in [0.1, 0.15) is 5.15 Å². The van der Waals surface area contributed by atoms with Gasteiger partial charge in [0, 0.05) is 19.0 Å². The number of nitrogens with zero attached hydrogens (tertiary/aromatic N) is 1. The Balaban J connectivity index is 2.28. The molecule has 0 aliphatic carbocycles. The van der Waals surface area contributed by atoms with E-state index in [1.165, 1.54) is 19.2 Å². The maximum atomic E-state index is 12.8. The van der Waals surface area contributed by atoms with Gasteiger partial charge in [-0.1, -0.05) is 11.6 Å². The van der Waals surface area contributed by atoms with E-state index in [0.29, 0.717) is 6.42 Å². The molecule has 0 spiro atoms. The molecule has 2 heterocycles. The fourth-order valence-electron chi connectivity index (χ4n) is 3.05. The van der Waals surface area contributed by atoms with Crippen LogP contribution in [-0.2, 0) is 19.1 Å². The lowest BCUT2D eigenvalue weighted by Gasteiger charge is -2.20. The summed E-state index contributed by atoms with van der Waals surface area (Å²) in [5.41, 5.74) is -0.297. The molecule has 3 atom stereocenters. The Morgan fingerprint density at radius 3 is 2.60 bits per heavy atom. The summed E-state index contributed by atoms with van der Waals surface area (Å²) in [6, 6.07) is 1.31. The van der Waals surface area contributed by atoms with E-state index in [2.05, 4.69) is 31.0 Å². The Bertz CT molecular complexity index is 877. The summed E-state index contributed by atoms with van der Waals surface area (Å²) < 4.78 is 4.50. The second-order valence-electron chi connectivity index (χ2n) is 6.69. The molecule has 4 N–H and O–H groups in total. The number of nitrogens with one attached hydrogen (secondary N) is 4. The first-order valence-electron chi connectivity index (χ1n) is 9.04. The van der Waals surface area contributed by atoms with E-state index in [1.54, 1.807) is 0 Å². The fraction of sp³-hybridized carbons (Fsp3) is 0.444. The highest BCUT2D eigenvalue weighted by Crippen LogP contribution is 2.22. The molecule has 1 aromatic heterocycles. The second-order valence-corrected chi connectivity index (χ2v) is 7.08. The summed E-state index contributed by atoms with van der Waals surface area (Å²) >= 11 is 5.86. The summed E-state index contributed by atoms with van der Waals surface area (Å²) in [6.07, 6.45) is -0.464. The minimum absolute atomic E-state index is 0.0119. The highest BCUT2D eigenvalue weighted by atomic mass is 35.5. The van der Waals surface area contributed by atoms with E-state index in [0.717, 1.165) is 7.11 Å². The van der Waals surface area contributed by atoms with Crippen molar-refractivity contribution < 1.29 is 28.7 Å². The molecular weight excluding hydrogens is 418 g/mol. The first-order valence-corrected chi connectivity index (χ1v) is 9.42. The SMILES string of the molecule is CNC(=O)C(=O)C(C[C@@H]1C[C@@H](C)NC1=O)NC(=O)c1nc(Cl)ccc1NC(=O)OC. The number of anilines is 1. The van der Waals surface area contributed by atoms with E-state index in [1.807, 2.05) is 6.92 Å². The van der Waals surface area contributed by atoms with Gasteiger partial charge in [-0.15, -0.1) is 0 Å². The number of carbonyl (C=O) groups is 5. The van der Waals surface area contributed by atoms with Crippen LogP contribution in [0.3, 0.4) is 0 Å². The van der Waals surface area contributed by atoms with Crippen molar-refractivity contribution in [3.05, 3.63) is 23.0 Å². The average Bonchev–Trinajstić information content (AvgIpc) is 3.03. The number of rotatable bonds is 7. The van der Waals surface area contributed by atoms with Gasteiger partial charge in [-0.3, -0.25) is 24.5 Å². The van der Waals surface area contributed by atoms with Gasteiger partial charge in [0.2, 0.25) is 11.7 Å². The molecule has 1 aromatic rings. The zero-order chi connectivity index (χ0) is 22.4. The highest BCUT2D eigenvalue weighted by molar-refractivity contribution is 6.38. The molecule has 1 unspecified atom stereocenters. The molecule has 0 aromatic carbocycles. The topological polar surface area (TPSA) is 156 Å².